The van der Waals surface area contributed by atoms with Crippen LogP contribution in [-0.4, -0.2) is 36.0 Å². The summed E-state index contributed by atoms with van der Waals surface area (Å²) in [7, 11) is 0. The predicted octanol–water partition coefficient (Wildman–Crippen LogP) is 4.05. The number of thiazole rings is 1. The van der Waals surface area contributed by atoms with E-state index in [4.69, 9.17) is 9.47 Å². The molecule has 8 heteroatoms. The second kappa shape index (κ2) is 8.97. The zero-order chi connectivity index (χ0) is 20.9. The molecule has 0 fully saturated rings. The highest BCUT2D eigenvalue weighted by atomic mass is 32.1. The Bertz CT molecular complexity index is 847. The van der Waals surface area contributed by atoms with Gasteiger partial charge in [-0.3, -0.25) is 4.79 Å². The maximum Gasteiger partial charge on any atom is 0.338 e. The summed E-state index contributed by atoms with van der Waals surface area (Å²) in [4.78, 5) is 41.5. The van der Waals surface area contributed by atoms with Gasteiger partial charge in [0.15, 0.2) is 0 Å². The lowest BCUT2D eigenvalue weighted by atomic mass is 9.98. The van der Waals surface area contributed by atoms with Crippen molar-refractivity contribution < 1.29 is 23.9 Å². The van der Waals surface area contributed by atoms with Gasteiger partial charge >= 0.3 is 11.9 Å². The van der Waals surface area contributed by atoms with Gasteiger partial charge in [-0.05, 0) is 32.0 Å². The van der Waals surface area contributed by atoms with Gasteiger partial charge in [-0.25, -0.2) is 14.6 Å². The standard InChI is InChI=1S/C20H24N2O5S/c1-6-26-17(24)12-8-13(18(25)27-7-2)10-14(9-12)22-16(23)15-11-21-19(28-15)20(3,4)5/h8-11H,6-7H2,1-5H3,(H,22,23). The SMILES string of the molecule is CCOC(=O)c1cc(NC(=O)c2cnc(C(C)(C)C)s2)cc(C(=O)OCC)c1. The molecule has 7 nitrogen and oxygen atoms in total. The number of ether oxygens (including phenoxy) is 2. The molecule has 0 aliphatic carbocycles. The summed E-state index contributed by atoms with van der Waals surface area (Å²) in [5.41, 5.74) is 0.443. The molecule has 0 atom stereocenters. The van der Waals surface area contributed by atoms with Crippen LogP contribution < -0.4 is 5.32 Å². The average molecular weight is 404 g/mol. The van der Waals surface area contributed by atoms with E-state index in [9.17, 15) is 14.4 Å². The number of carbonyl (C=O) groups is 3. The van der Waals surface area contributed by atoms with Crippen molar-refractivity contribution in [2.45, 2.75) is 40.0 Å². The van der Waals surface area contributed by atoms with Gasteiger partial charge in [-0.2, -0.15) is 0 Å². The summed E-state index contributed by atoms with van der Waals surface area (Å²) in [6, 6.07) is 4.31. The third-order valence-corrected chi connectivity index (χ3v) is 5.01. The largest absolute Gasteiger partial charge is 0.462 e. The number of hydrogen-bond donors (Lipinski definition) is 1. The Balaban J connectivity index is 2.32. The van der Waals surface area contributed by atoms with Crippen LogP contribution in [0.4, 0.5) is 5.69 Å². The maximum atomic E-state index is 12.6. The number of esters is 2. The first-order valence-corrected chi connectivity index (χ1v) is 9.74. The molecule has 0 radical (unpaired) electrons. The van der Waals surface area contributed by atoms with Crippen molar-refractivity contribution in [3.8, 4) is 0 Å². The van der Waals surface area contributed by atoms with Gasteiger partial charge in [0, 0.05) is 11.1 Å². The minimum Gasteiger partial charge on any atom is -0.462 e. The van der Waals surface area contributed by atoms with Gasteiger partial charge in [0.2, 0.25) is 0 Å². The molecule has 0 bridgehead atoms. The van der Waals surface area contributed by atoms with E-state index in [2.05, 4.69) is 10.3 Å². The molecule has 1 aromatic heterocycles. The van der Waals surface area contributed by atoms with Crippen molar-refractivity contribution in [2.75, 3.05) is 18.5 Å². The normalized spacial score (nSPS) is 11.0. The molecule has 0 aliphatic heterocycles. The topological polar surface area (TPSA) is 94.6 Å². The summed E-state index contributed by atoms with van der Waals surface area (Å²) in [6.45, 7) is 9.81. The van der Waals surface area contributed by atoms with Crippen LogP contribution in [0.3, 0.4) is 0 Å². The molecule has 1 amide bonds. The van der Waals surface area contributed by atoms with Crippen molar-refractivity contribution in [2.24, 2.45) is 0 Å². The second-order valence-electron chi connectivity index (χ2n) is 6.97. The van der Waals surface area contributed by atoms with Crippen molar-refractivity contribution in [3.05, 3.63) is 45.4 Å². The molecule has 0 aliphatic rings. The van der Waals surface area contributed by atoms with E-state index in [0.29, 0.717) is 10.6 Å². The van der Waals surface area contributed by atoms with Gasteiger partial charge in [0.25, 0.3) is 5.91 Å². The molecule has 0 saturated heterocycles. The van der Waals surface area contributed by atoms with E-state index in [0.717, 1.165) is 5.01 Å². The van der Waals surface area contributed by atoms with Crippen molar-refractivity contribution >= 4 is 34.9 Å². The Labute approximate surface area is 168 Å². The van der Waals surface area contributed by atoms with Crippen LogP contribution >= 0.6 is 11.3 Å². The lowest BCUT2D eigenvalue weighted by molar-refractivity contribution is 0.0525. The fraction of sp³-hybridized carbons (Fsp3) is 0.400. The quantitative estimate of drug-likeness (QED) is 0.730. The first-order chi connectivity index (χ1) is 13.2. The lowest BCUT2D eigenvalue weighted by Crippen LogP contribution is -2.14. The van der Waals surface area contributed by atoms with Crippen LogP contribution in [0, 0.1) is 0 Å². The molecule has 1 N–H and O–H groups in total. The molecule has 2 rings (SSSR count). The fourth-order valence-electron chi connectivity index (χ4n) is 2.28. The molecule has 1 aromatic carbocycles. The first kappa shape index (κ1) is 21.6. The second-order valence-corrected chi connectivity index (χ2v) is 8.00. The van der Waals surface area contributed by atoms with Crippen LogP contribution in [0.2, 0.25) is 0 Å². The van der Waals surface area contributed by atoms with E-state index < -0.39 is 11.9 Å². The lowest BCUT2D eigenvalue weighted by Gasteiger charge is -2.13. The van der Waals surface area contributed by atoms with Crippen LogP contribution in [0.25, 0.3) is 0 Å². The predicted molar refractivity (Wildman–Crippen MR) is 107 cm³/mol. The van der Waals surface area contributed by atoms with Gasteiger partial charge in [-0.1, -0.05) is 20.8 Å². The minimum absolute atomic E-state index is 0.155. The number of amides is 1. The summed E-state index contributed by atoms with van der Waals surface area (Å²) in [6.07, 6.45) is 1.52. The molecule has 1 heterocycles. The Kier molecular flexibility index (Phi) is 6.90. The molecular formula is C20H24N2O5S. The van der Waals surface area contributed by atoms with Crippen molar-refractivity contribution in [1.29, 1.82) is 0 Å². The molecule has 0 unspecified atom stereocenters. The van der Waals surface area contributed by atoms with Crippen LogP contribution in [-0.2, 0) is 14.9 Å². The Morgan fingerprint density at radius 1 is 1.00 bits per heavy atom. The summed E-state index contributed by atoms with van der Waals surface area (Å²) in [5, 5.41) is 3.55. The first-order valence-electron chi connectivity index (χ1n) is 8.92. The van der Waals surface area contributed by atoms with E-state index in [1.807, 2.05) is 20.8 Å². The van der Waals surface area contributed by atoms with E-state index in [1.54, 1.807) is 13.8 Å². The third-order valence-electron chi connectivity index (χ3n) is 3.58. The number of rotatable bonds is 6. The van der Waals surface area contributed by atoms with Gasteiger partial charge in [0.05, 0.1) is 35.5 Å². The number of aromatic nitrogens is 1. The number of nitrogens with one attached hydrogen (secondary N) is 1. The number of benzene rings is 1. The van der Waals surface area contributed by atoms with Crippen molar-refractivity contribution in [3.63, 3.8) is 0 Å². The molecule has 2 aromatic rings. The molecule has 0 spiro atoms. The highest BCUT2D eigenvalue weighted by Gasteiger charge is 2.21. The fourth-order valence-corrected chi connectivity index (χ4v) is 3.15. The summed E-state index contributed by atoms with van der Waals surface area (Å²) < 4.78 is 9.99. The molecule has 150 valence electrons. The summed E-state index contributed by atoms with van der Waals surface area (Å²) >= 11 is 1.30. The number of hydrogen-bond acceptors (Lipinski definition) is 7. The van der Waals surface area contributed by atoms with Gasteiger partial charge < -0.3 is 14.8 Å². The van der Waals surface area contributed by atoms with Crippen molar-refractivity contribution in [1.82, 2.24) is 4.98 Å². The maximum absolute atomic E-state index is 12.6. The third kappa shape index (κ3) is 5.39. The zero-order valence-electron chi connectivity index (χ0n) is 16.6. The monoisotopic (exact) mass is 404 g/mol. The highest BCUT2D eigenvalue weighted by molar-refractivity contribution is 7.13. The number of carbonyl (C=O) groups excluding carboxylic acids is 3. The molecule has 28 heavy (non-hydrogen) atoms. The smallest absolute Gasteiger partial charge is 0.338 e. The number of anilines is 1. The summed E-state index contributed by atoms with van der Waals surface area (Å²) in [5.74, 6) is -1.54. The molecular weight excluding hydrogens is 380 g/mol. The zero-order valence-corrected chi connectivity index (χ0v) is 17.4. The van der Waals surface area contributed by atoms with Gasteiger partial charge in [-0.15, -0.1) is 11.3 Å². The average Bonchev–Trinajstić information content (AvgIpc) is 3.12. The van der Waals surface area contributed by atoms with Gasteiger partial charge in [0.1, 0.15) is 4.88 Å². The van der Waals surface area contributed by atoms with E-state index >= 15 is 0 Å². The number of nitrogens with zero attached hydrogens (tertiary/aromatic N) is 1. The Morgan fingerprint density at radius 2 is 1.54 bits per heavy atom. The minimum atomic E-state index is -0.586. The van der Waals surface area contributed by atoms with E-state index in [-0.39, 0.29) is 35.7 Å². The Morgan fingerprint density at radius 3 is 1.96 bits per heavy atom. The Hall–Kier alpha value is -2.74. The van der Waals surface area contributed by atoms with E-state index in [1.165, 1.54) is 35.7 Å². The molecule has 0 saturated carbocycles. The highest BCUT2D eigenvalue weighted by Crippen LogP contribution is 2.27. The van der Waals surface area contributed by atoms with Crippen LogP contribution in [0.5, 0.6) is 0 Å². The van der Waals surface area contributed by atoms with Crippen LogP contribution in [0.15, 0.2) is 24.4 Å². The van der Waals surface area contributed by atoms with Crippen LogP contribution in [0.1, 0.15) is 70.0 Å².